The van der Waals surface area contributed by atoms with Gasteiger partial charge in [0.25, 0.3) is 0 Å². The normalized spacial score (nSPS) is 18.4. The Morgan fingerprint density at radius 1 is 1.12 bits per heavy atom. The number of carbonyl (C=O) groups is 1. The molecule has 7 nitrogen and oxygen atoms in total. The van der Waals surface area contributed by atoms with Crippen molar-refractivity contribution in [2.24, 2.45) is 7.05 Å². The van der Waals surface area contributed by atoms with Crippen LogP contribution in [0.25, 0.3) is 33.4 Å². The van der Waals surface area contributed by atoms with Crippen LogP contribution in [0, 0.1) is 5.82 Å². The van der Waals surface area contributed by atoms with Gasteiger partial charge in [0, 0.05) is 42.7 Å². The van der Waals surface area contributed by atoms with E-state index in [-0.39, 0.29) is 17.6 Å². The SMILES string of the molecule is CC1C(=O)N(C)Cc2c(-c3cccc4nc(-c5cnn(C)c5)c(F)cc34)nc(C3CC3)n21. The van der Waals surface area contributed by atoms with Crippen molar-refractivity contribution >= 4 is 16.8 Å². The van der Waals surface area contributed by atoms with Crippen molar-refractivity contribution in [1.29, 1.82) is 0 Å². The number of pyridine rings is 1. The Morgan fingerprint density at radius 2 is 1.94 bits per heavy atom. The number of halogens is 1. The lowest BCUT2D eigenvalue weighted by atomic mass is 10.0. The molecule has 0 saturated heterocycles. The summed E-state index contributed by atoms with van der Waals surface area (Å²) >= 11 is 0. The lowest BCUT2D eigenvalue weighted by Crippen LogP contribution is -2.39. The largest absolute Gasteiger partial charge is 0.338 e. The van der Waals surface area contributed by atoms with Crippen LogP contribution in [0.15, 0.2) is 36.7 Å². The maximum atomic E-state index is 15.2. The molecule has 0 radical (unpaired) electrons. The number of rotatable bonds is 3. The molecule has 1 atom stereocenters. The molecule has 1 aromatic carbocycles. The maximum Gasteiger partial charge on any atom is 0.245 e. The number of imidazole rings is 1. The average molecular weight is 430 g/mol. The number of fused-ring (bicyclic) bond motifs is 2. The van der Waals surface area contributed by atoms with Gasteiger partial charge >= 0.3 is 0 Å². The van der Waals surface area contributed by atoms with E-state index < -0.39 is 5.82 Å². The summed E-state index contributed by atoms with van der Waals surface area (Å²) < 4.78 is 18.9. The summed E-state index contributed by atoms with van der Waals surface area (Å²) in [5.74, 6) is 1.06. The van der Waals surface area contributed by atoms with Gasteiger partial charge in [-0.3, -0.25) is 9.48 Å². The zero-order valence-electron chi connectivity index (χ0n) is 18.2. The van der Waals surface area contributed by atoms with Crippen LogP contribution >= 0.6 is 0 Å². The summed E-state index contributed by atoms with van der Waals surface area (Å²) in [6.07, 6.45) is 5.55. The molecule has 0 spiro atoms. The monoisotopic (exact) mass is 430 g/mol. The van der Waals surface area contributed by atoms with Gasteiger partial charge in [0.1, 0.15) is 23.4 Å². The lowest BCUT2D eigenvalue weighted by molar-refractivity contribution is -0.135. The van der Waals surface area contributed by atoms with Crippen molar-refractivity contribution in [2.75, 3.05) is 7.05 Å². The molecule has 1 fully saturated rings. The second kappa shape index (κ2) is 6.72. The predicted octanol–water partition coefficient (Wildman–Crippen LogP) is 4.05. The van der Waals surface area contributed by atoms with E-state index in [1.807, 2.05) is 32.2 Å². The number of aromatic nitrogens is 5. The molecule has 1 unspecified atom stereocenters. The van der Waals surface area contributed by atoms with E-state index in [1.165, 1.54) is 0 Å². The smallest absolute Gasteiger partial charge is 0.245 e. The van der Waals surface area contributed by atoms with Gasteiger partial charge in [-0.25, -0.2) is 14.4 Å². The highest BCUT2D eigenvalue weighted by Gasteiger charge is 2.38. The highest BCUT2D eigenvalue weighted by molar-refractivity contribution is 5.96. The van der Waals surface area contributed by atoms with Gasteiger partial charge in [0.05, 0.1) is 29.6 Å². The standard InChI is InChI=1S/C24H23FN6O/c1-13-24(32)29(2)12-20-22(28-23(31(13)20)14-7-8-14)16-5-4-6-19-17(16)9-18(25)21(27-19)15-10-26-30(3)11-15/h4-6,9-11,13-14H,7-8,12H2,1-3H3. The molecular formula is C24H23FN6O. The molecule has 1 amide bonds. The van der Waals surface area contributed by atoms with E-state index in [9.17, 15) is 4.79 Å². The van der Waals surface area contributed by atoms with Crippen LogP contribution in [0.3, 0.4) is 0 Å². The first-order valence-electron chi connectivity index (χ1n) is 10.9. The fourth-order valence-electron chi connectivity index (χ4n) is 4.77. The lowest BCUT2D eigenvalue weighted by Gasteiger charge is -2.31. The first kappa shape index (κ1) is 19.2. The van der Waals surface area contributed by atoms with Crippen molar-refractivity contribution in [3.63, 3.8) is 0 Å². The number of amides is 1. The van der Waals surface area contributed by atoms with Crippen molar-refractivity contribution in [3.8, 4) is 22.5 Å². The number of aryl methyl sites for hydroxylation is 1. The van der Waals surface area contributed by atoms with Crippen molar-refractivity contribution < 1.29 is 9.18 Å². The van der Waals surface area contributed by atoms with Gasteiger partial charge < -0.3 is 9.47 Å². The van der Waals surface area contributed by atoms with E-state index in [0.29, 0.717) is 28.9 Å². The molecule has 4 heterocycles. The Labute approximate surface area is 184 Å². The second-order valence-electron chi connectivity index (χ2n) is 8.87. The highest BCUT2D eigenvalue weighted by atomic mass is 19.1. The molecule has 0 bridgehead atoms. The van der Waals surface area contributed by atoms with Crippen LogP contribution in [-0.4, -0.2) is 42.2 Å². The molecule has 3 aromatic heterocycles. The van der Waals surface area contributed by atoms with Gasteiger partial charge in [0.15, 0.2) is 0 Å². The quantitative estimate of drug-likeness (QED) is 0.492. The first-order chi connectivity index (χ1) is 15.4. The highest BCUT2D eigenvalue weighted by Crippen LogP contribution is 2.45. The fraction of sp³-hybridized carbons (Fsp3) is 0.333. The Balaban J connectivity index is 1.57. The second-order valence-corrected chi connectivity index (χ2v) is 8.87. The molecule has 1 aliphatic heterocycles. The van der Waals surface area contributed by atoms with Crippen LogP contribution in [0.4, 0.5) is 4.39 Å². The van der Waals surface area contributed by atoms with E-state index in [2.05, 4.69) is 14.6 Å². The van der Waals surface area contributed by atoms with Gasteiger partial charge in [-0.1, -0.05) is 12.1 Å². The molecule has 2 aliphatic rings. The number of nitrogens with zero attached hydrogens (tertiary/aromatic N) is 6. The third-order valence-electron chi connectivity index (χ3n) is 6.53. The van der Waals surface area contributed by atoms with E-state index >= 15 is 4.39 Å². The van der Waals surface area contributed by atoms with Crippen LogP contribution in [0.1, 0.15) is 43.2 Å². The Bertz CT molecular complexity index is 1400. The van der Waals surface area contributed by atoms with E-state index in [4.69, 9.17) is 4.98 Å². The molecule has 32 heavy (non-hydrogen) atoms. The number of likely N-dealkylation sites (N-methyl/N-ethyl adjacent to an activating group) is 1. The van der Waals surface area contributed by atoms with Crippen LogP contribution in [0.2, 0.25) is 0 Å². The molecule has 4 aromatic rings. The number of hydrogen-bond acceptors (Lipinski definition) is 4. The van der Waals surface area contributed by atoms with E-state index in [1.54, 1.807) is 35.1 Å². The number of carbonyl (C=O) groups excluding carboxylic acids is 1. The molecule has 6 rings (SSSR count). The van der Waals surface area contributed by atoms with Crippen LogP contribution in [0.5, 0.6) is 0 Å². The van der Waals surface area contributed by atoms with Gasteiger partial charge in [0.2, 0.25) is 5.91 Å². The summed E-state index contributed by atoms with van der Waals surface area (Å²) in [7, 11) is 3.61. The molecule has 0 N–H and O–H groups in total. The molecule has 1 aliphatic carbocycles. The predicted molar refractivity (Wildman–Crippen MR) is 118 cm³/mol. The zero-order chi connectivity index (χ0) is 22.1. The van der Waals surface area contributed by atoms with Gasteiger partial charge in [-0.05, 0) is 31.9 Å². The van der Waals surface area contributed by atoms with Gasteiger partial charge in [-0.2, -0.15) is 5.10 Å². The van der Waals surface area contributed by atoms with Crippen LogP contribution in [-0.2, 0) is 18.4 Å². The summed E-state index contributed by atoms with van der Waals surface area (Å²) in [4.78, 5) is 24.1. The third kappa shape index (κ3) is 2.78. The number of benzene rings is 1. The number of hydrogen-bond donors (Lipinski definition) is 0. The third-order valence-corrected chi connectivity index (χ3v) is 6.53. The van der Waals surface area contributed by atoms with Gasteiger partial charge in [-0.15, -0.1) is 0 Å². The fourth-order valence-corrected chi connectivity index (χ4v) is 4.77. The minimum atomic E-state index is -0.394. The summed E-state index contributed by atoms with van der Waals surface area (Å²) in [6, 6.07) is 7.04. The summed E-state index contributed by atoms with van der Waals surface area (Å²) in [5.41, 5.74) is 4.29. The van der Waals surface area contributed by atoms with Crippen molar-refractivity contribution in [1.82, 2.24) is 29.2 Å². The summed E-state index contributed by atoms with van der Waals surface area (Å²) in [6.45, 7) is 2.42. The topological polar surface area (TPSA) is 68.8 Å². The molecule has 1 saturated carbocycles. The average Bonchev–Trinajstić information content (AvgIpc) is 3.42. The minimum Gasteiger partial charge on any atom is -0.338 e. The molecule has 8 heteroatoms. The zero-order valence-corrected chi connectivity index (χ0v) is 18.2. The van der Waals surface area contributed by atoms with E-state index in [0.717, 1.165) is 35.6 Å². The van der Waals surface area contributed by atoms with Crippen molar-refractivity contribution in [3.05, 3.63) is 54.0 Å². The Morgan fingerprint density at radius 3 is 2.66 bits per heavy atom. The first-order valence-corrected chi connectivity index (χ1v) is 10.9. The maximum absolute atomic E-state index is 15.2. The molecule has 162 valence electrons. The Hall–Kier alpha value is -3.55. The minimum absolute atomic E-state index is 0.0927. The van der Waals surface area contributed by atoms with Crippen molar-refractivity contribution in [2.45, 2.75) is 38.3 Å². The molecular weight excluding hydrogens is 407 g/mol. The van der Waals surface area contributed by atoms with Crippen LogP contribution < -0.4 is 0 Å². The Kier molecular flexibility index (Phi) is 4.02. The summed E-state index contributed by atoms with van der Waals surface area (Å²) in [5, 5.41) is 4.85.